The van der Waals surface area contributed by atoms with Crippen molar-refractivity contribution in [2.24, 2.45) is 11.8 Å². The summed E-state index contributed by atoms with van der Waals surface area (Å²) in [5.74, 6) is -2.19. The summed E-state index contributed by atoms with van der Waals surface area (Å²) >= 11 is 0. The van der Waals surface area contributed by atoms with Crippen molar-refractivity contribution >= 4 is 11.9 Å². The van der Waals surface area contributed by atoms with Gasteiger partial charge in [-0.2, -0.15) is 0 Å². The van der Waals surface area contributed by atoms with E-state index in [9.17, 15) is 14.7 Å². The molecule has 4 heteroatoms. The van der Waals surface area contributed by atoms with Gasteiger partial charge in [0.15, 0.2) is 0 Å². The highest BCUT2D eigenvalue weighted by molar-refractivity contribution is 5.85. The highest BCUT2D eigenvalue weighted by Crippen LogP contribution is 2.27. The molecular weight excluding hydrogens is 278 g/mol. The Morgan fingerprint density at radius 1 is 1.18 bits per heavy atom. The van der Waals surface area contributed by atoms with Crippen LogP contribution in [0.2, 0.25) is 0 Å². The van der Waals surface area contributed by atoms with E-state index in [0.717, 1.165) is 16.7 Å². The third-order valence-electron chi connectivity index (χ3n) is 4.35. The van der Waals surface area contributed by atoms with Gasteiger partial charge in [-0.25, -0.2) is 0 Å². The number of hydrogen-bond acceptors (Lipinski definition) is 2. The van der Waals surface area contributed by atoms with Crippen LogP contribution >= 0.6 is 0 Å². The van der Waals surface area contributed by atoms with Crippen LogP contribution in [-0.4, -0.2) is 17.0 Å². The highest BCUT2D eigenvalue weighted by Gasteiger charge is 2.34. The first-order chi connectivity index (χ1) is 10.4. The second kappa shape index (κ2) is 6.77. The van der Waals surface area contributed by atoms with Gasteiger partial charge in [-0.05, 0) is 44.7 Å². The third-order valence-corrected chi connectivity index (χ3v) is 4.35. The summed E-state index contributed by atoms with van der Waals surface area (Å²) in [7, 11) is 0. The lowest BCUT2D eigenvalue weighted by molar-refractivity contribution is -0.147. The molecule has 118 valence electrons. The minimum atomic E-state index is -0.899. The first-order valence-electron chi connectivity index (χ1n) is 7.65. The lowest BCUT2D eigenvalue weighted by Gasteiger charge is -2.26. The number of aryl methyl sites for hydroxylation is 2. The summed E-state index contributed by atoms with van der Waals surface area (Å²) in [4.78, 5) is 23.8. The first kappa shape index (κ1) is 16.3. The number of hydrogen-bond donors (Lipinski definition) is 2. The van der Waals surface area contributed by atoms with E-state index in [-0.39, 0.29) is 11.9 Å². The Bertz CT molecular complexity index is 606. The number of allylic oxidation sites excluding steroid dienone is 2. The minimum absolute atomic E-state index is 0.132. The molecule has 0 spiro atoms. The van der Waals surface area contributed by atoms with Crippen molar-refractivity contribution in [3.63, 3.8) is 0 Å². The highest BCUT2D eigenvalue weighted by atomic mass is 16.4. The molecule has 0 aromatic heterocycles. The second-order valence-electron chi connectivity index (χ2n) is 6.08. The molecule has 1 aromatic rings. The van der Waals surface area contributed by atoms with Crippen molar-refractivity contribution in [1.29, 1.82) is 0 Å². The van der Waals surface area contributed by atoms with E-state index in [1.54, 1.807) is 0 Å². The molecule has 0 radical (unpaired) electrons. The zero-order chi connectivity index (χ0) is 16.3. The average molecular weight is 301 g/mol. The van der Waals surface area contributed by atoms with E-state index in [1.807, 2.05) is 45.1 Å². The average Bonchev–Trinajstić information content (AvgIpc) is 2.49. The molecule has 1 aromatic carbocycles. The summed E-state index contributed by atoms with van der Waals surface area (Å²) in [6.45, 7) is 5.97. The number of benzene rings is 1. The number of amides is 1. The normalized spacial score (nSPS) is 22.1. The van der Waals surface area contributed by atoms with Gasteiger partial charge >= 0.3 is 5.97 Å². The molecule has 22 heavy (non-hydrogen) atoms. The van der Waals surface area contributed by atoms with Crippen molar-refractivity contribution in [3.05, 3.63) is 47.0 Å². The molecule has 0 saturated carbocycles. The second-order valence-corrected chi connectivity index (χ2v) is 6.08. The molecule has 1 aliphatic carbocycles. The molecule has 0 heterocycles. The Kier molecular flexibility index (Phi) is 5.01. The zero-order valence-corrected chi connectivity index (χ0v) is 13.3. The van der Waals surface area contributed by atoms with Gasteiger partial charge in [0.05, 0.1) is 17.9 Å². The van der Waals surface area contributed by atoms with Gasteiger partial charge in [0, 0.05) is 0 Å². The van der Waals surface area contributed by atoms with Crippen LogP contribution in [0.4, 0.5) is 0 Å². The van der Waals surface area contributed by atoms with E-state index < -0.39 is 17.8 Å². The van der Waals surface area contributed by atoms with Crippen LogP contribution in [0.3, 0.4) is 0 Å². The van der Waals surface area contributed by atoms with E-state index in [0.29, 0.717) is 12.8 Å². The molecule has 2 N–H and O–H groups in total. The van der Waals surface area contributed by atoms with Gasteiger partial charge < -0.3 is 10.4 Å². The van der Waals surface area contributed by atoms with Crippen molar-refractivity contribution in [3.8, 4) is 0 Å². The molecule has 1 aliphatic rings. The smallest absolute Gasteiger partial charge is 0.307 e. The molecule has 3 atom stereocenters. The lowest BCUT2D eigenvalue weighted by atomic mass is 9.82. The molecule has 0 saturated heterocycles. The Hall–Kier alpha value is -2.10. The number of carboxylic acids is 1. The quantitative estimate of drug-likeness (QED) is 0.840. The number of rotatable bonds is 4. The lowest BCUT2D eigenvalue weighted by Crippen LogP contribution is -2.39. The van der Waals surface area contributed by atoms with Crippen molar-refractivity contribution < 1.29 is 14.7 Å². The number of carbonyl (C=O) groups excluding carboxylic acids is 1. The van der Waals surface area contributed by atoms with Crippen LogP contribution in [-0.2, 0) is 9.59 Å². The number of nitrogens with one attached hydrogen (secondary N) is 1. The van der Waals surface area contributed by atoms with Crippen LogP contribution in [0, 0.1) is 25.7 Å². The van der Waals surface area contributed by atoms with Crippen LogP contribution in [0.25, 0.3) is 0 Å². The van der Waals surface area contributed by atoms with Gasteiger partial charge in [-0.3, -0.25) is 9.59 Å². The summed E-state index contributed by atoms with van der Waals surface area (Å²) < 4.78 is 0. The SMILES string of the molecule is Cc1ccc(C)c([C@H](C)NC(=O)[C@@H]2CC=CC[C@@H]2C(=O)O)c1. The fourth-order valence-electron chi connectivity index (χ4n) is 3.00. The summed E-state index contributed by atoms with van der Waals surface area (Å²) in [6.07, 6.45) is 4.65. The fraction of sp³-hybridized carbons (Fsp3) is 0.444. The Labute approximate surface area is 131 Å². The number of aliphatic carboxylic acids is 1. The van der Waals surface area contributed by atoms with Crippen molar-refractivity contribution in [1.82, 2.24) is 5.32 Å². The van der Waals surface area contributed by atoms with Gasteiger partial charge in [0.2, 0.25) is 5.91 Å². The molecule has 2 rings (SSSR count). The standard InChI is InChI=1S/C18H23NO3/c1-11-8-9-12(2)16(10-11)13(3)19-17(20)14-6-4-5-7-15(14)18(21)22/h4-5,8-10,13-15H,6-7H2,1-3H3,(H,19,20)(H,21,22)/t13-,14+,15-/m0/s1. The molecular formula is C18H23NO3. The predicted octanol–water partition coefficient (Wildman–Crippen LogP) is 3.15. The van der Waals surface area contributed by atoms with E-state index in [1.165, 1.54) is 0 Å². The van der Waals surface area contributed by atoms with Gasteiger partial charge in [-0.1, -0.05) is 35.9 Å². The van der Waals surface area contributed by atoms with Gasteiger partial charge in [-0.15, -0.1) is 0 Å². The fourth-order valence-corrected chi connectivity index (χ4v) is 3.00. The van der Waals surface area contributed by atoms with Crippen LogP contribution < -0.4 is 5.32 Å². The maximum absolute atomic E-state index is 12.5. The number of carboxylic acid groups (broad SMARTS) is 1. The first-order valence-corrected chi connectivity index (χ1v) is 7.65. The monoisotopic (exact) mass is 301 g/mol. The third kappa shape index (κ3) is 3.56. The van der Waals surface area contributed by atoms with Crippen molar-refractivity contribution in [2.45, 2.75) is 39.7 Å². The summed E-state index contributed by atoms with van der Waals surface area (Å²) in [5, 5.41) is 12.3. The van der Waals surface area contributed by atoms with Gasteiger partial charge in [0.25, 0.3) is 0 Å². The molecule has 4 nitrogen and oxygen atoms in total. The largest absolute Gasteiger partial charge is 0.481 e. The van der Waals surface area contributed by atoms with E-state index in [4.69, 9.17) is 0 Å². The Morgan fingerprint density at radius 3 is 2.45 bits per heavy atom. The van der Waals surface area contributed by atoms with Gasteiger partial charge in [0.1, 0.15) is 0 Å². The zero-order valence-electron chi connectivity index (χ0n) is 13.3. The molecule has 0 fully saturated rings. The van der Waals surface area contributed by atoms with E-state index in [2.05, 4.69) is 11.4 Å². The maximum atomic E-state index is 12.5. The van der Waals surface area contributed by atoms with Crippen LogP contribution in [0.1, 0.15) is 42.5 Å². The summed E-state index contributed by atoms with van der Waals surface area (Å²) in [5.41, 5.74) is 3.34. The maximum Gasteiger partial charge on any atom is 0.307 e. The van der Waals surface area contributed by atoms with Crippen molar-refractivity contribution in [2.75, 3.05) is 0 Å². The molecule has 0 aliphatic heterocycles. The molecule has 1 amide bonds. The Balaban J connectivity index is 2.12. The number of carbonyl (C=O) groups is 2. The van der Waals surface area contributed by atoms with Crippen LogP contribution in [0.15, 0.2) is 30.4 Å². The topological polar surface area (TPSA) is 66.4 Å². The summed E-state index contributed by atoms with van der Waals surface area (Å²) in [6, 6.07) is 6.01. The van der Waals surface area contributed by atoms with E-state index >= 15 is 0 Å². The van der Waals surface area contributed by atoms with Crippen LogP contribution in [0.5, 0.6) is 0 Å². The molecule has 0 bridgehead atoms. The molecule has 0 unspecified atom stereocenters. The Morgan fingerprint density at radius 2 is 1.82 bits per heavy atom. The minimum Gasteiger partial charge on any atom is -0.481 e. The predicted molar refractivity (Wildman–Crippen MR) is 85.5 cm³/mol.